The molecular formula is C4H12NO4P. The van der Waals surface area contributed by atoms with E-state index in [2.05, 4.69) is 0 Å². The van der Waals surface area contributed by atoms with Gasteiger partial charge in [-0.3, -0.25) is 4.57 Å². The molecule has 0 spiro atoms. The largest absolute Gasteiger partial charge is 0.379 e. The minimum Gasteiger partial charge on any atom is -0.379 e. The number of nitrogens with two attached hydrogens (primary N) is 1. The smallest absolute Gasteiger partial charge is 0.355 e. The normalized spacial score (nSPS) is 18.5. The zero-order chi connectivity index (χ0) is 8.36. The first-order valence-corrected chi connectivity index (χ1v) is 4.56. The average molecular weight is 169 g/mol. The second kappa shape index (κ2) is 3.46. The molecule has 5 nitrogen and oxygen atoms in total. The van der Waals surface area contributed by atoms with E-state index in [9.17, 15) is 4.57 Å². The minimum atomic E-state index is -4.40. The third-order valence-corrected chi connectivity index (χ3v) is 2.27. The molecule has 0 rings (SSSR count). The van der Waals surface area contributed by atoms with E-state index in [1.54, 1.807) is 6.92 Å². The van der Waals surface area contributed by atoms with Crippen LogP contribution in [-0.2, 0) is 4.57 Å². The summed E-state index contributed by atoms with van der Waals surface area (Å²) in [7, 11) is -4.40. The molecular weight excluding hydrogens is 157 g/mol. The van der Waals surface area contributed by atoms with Crippen molar-refractivity contribution in [2.45, 2.75) is 25.2 Å². The Kier molecular flexibility index (Phi) is 3.48. The van der Waals surface area contributed by atoms with Gasteiger partial charge in [0.25, 0.3) is 0 Å². The SMILES string of the molecule is CCC(N)C(O)P(=O)(O)O. The second-order valence-corrected chi connectivity index (χ2v) is 3.78. The predicted molar refractivity (Wildman–Crippen MR) is 36.3 cm³/mol. The number of hydrogen-bond acceptors (Lipinski definition) is 3. The first kappa shape index (κ1) is 10.1. The Morgan fingerprint density at radius 1 is 1.60 bits per heavy atom. The van der Waals surface area contributed by atoms with Gasteiger partial charge in [-0.05, 0) is 6.42 Å². The number of rotatable bonds is 3. The van der Waals surface area contributed by atoms with Crippen molar-refractivity contribution in [3.63, 3.8) is 0 Å². The number of hydrogen-bond donors (Lipinski definition) is 4. The van der Waals surface area contributed by atoms with Crippen molar-refractivity contribution >= 4 is 7.60 Å². The molecule has 2 atom stereocenters. The van der Waals surface area contributed by atoms with Gasteiger partial charge >= 0.3 is 7.60 Å². The molecule has 0 heterocycles. The van der Waals surface area contributed by atoms with Gasteiger partial charge in [0.2, 0.25) is 0 Å². The van der Waals surface area contributed by atoms with Crippen LogP contribution in [-0.4, -0.2) is 26.8 Å². The lowest BCUT2D eigenvalue weighted by molar-refractivity contribution is 0.175. The van der Waals surface area contributed by atoms with Crippen LogP contribution in [0.4, 0.5) is 0 Å². The van der Waals surface area contributed by atoms with Gasteiger partial charge in [0, 0.05) is 6.04 Å². The molecule has 0 aromatic carbocycles. The zero-order valence-corrected chi connectivity index (χ0v) is 6.53. The lowest BCUT2D eigenvalue weighted by atomic mass is 10.3. The van der Waals surface area contributed by atoms with E-state index < -0.39 is 19.5 Å². The van der Waals surface area contributed by atoms with Gasteiger partial charge in [0.1, 0.15) is 0 Å². The summed E-state index contributed by atoms with van der Waals surface area (Å²) in [5, 5.41) is 8.77. The van der Waals surface area contributed by atoms with Gasteiger partial charge in [-0.2, -0.15) is 0 Å². The molecule has 0 saturated carbocycles. The third-order valence-electron chi connectivity index (χ3n) is 1.20. The van der Waals surface area contributed by atoms with E-state index in [0.29, 0.717) is 6.42 Å². The van der Waals surface area contributed by atoms with Gasteiger partial charge < -0.3 is 20.6 Å². The first-order valence-electron chi connectivity index (χ1n) is 2.88. The third kappa shape index (κ3) is 2.77. The highest BCUT2D eigenvalue weighted by Gasteiger charge is 2.30. The molecule has 0 aliphatic rings. The lowest BCUT2D eigenvalue weighted by Crippen LogP contribution is -2.33. The minimum absolute atomic E-state index is 0.340. The summed E-state index contributed by atoms with van der Waals surface area (Å²) in [6.45, 7) is 1.64. The van der Waals surface area contributed by atoms with Crippen LogP contribution in [0.2, 0.25) is 0 Å². The van der Waals surface area contributed by atoms with Crippen LogP contribution in [0.1, 0.15) is 13.3 Å². The van der Waals surface area contributed by atoms with Gasteiger partial charge in [-0.15, -0.1) is 0 Å². The zero-order valence-electron chi connectivity index (χ0n) is 5.64. The molecule has 10 heavy (non-hydrogen) atoms. The molecule has 0 bridgehead atoms. The maximum atomic E-state index is 10.3. The van der Waals surface area contributed by atoms with Crippen LogP contribution in [0.15, 0.2) is 0 Å². The summed E-state index contributed by atoms with van der Waals surface area (Å²) in [6.07, 6.45) is 0.340. The Hall–Kier alpha value is 0.0700. The van der Waals surface area contributed by atoms with Crippen LogP contribution < -0.4 is 5.73 Å². The van der Waals surface area contributed by atoms with Gasteiger partial charge in [-0.1, -0.05) is 6.92 Å². The quantitative estimate of drug-likeness (QED) is 0.415. The average Bonchev–Trinajstić information content (AvgIpc) is 1.83. The van der Waals surface area contributed by atoms with Gasteiger partial charge in [0.15, 0.2) is 5.85 Å². The van der Waals surface area contributed by atoms with Crippen molar-refractivity contribution in [2.75, 3.05) is 0 Å². The standard InChI is InChI=1S/C4H12NO4P/c1-2-3(5)4(6)10(7,8)9/h3-4,6H,2,5H2,1H3,(H2,7,8,9). The van der Waals surface area contributed by atoms with E-state index >= 15 is 0 Å². The fraction of sp³-hybridized carbons (Fsp3) is 1.00. The molecule has 0 aliphatic heterocycles. The Labute approximate surface area is 59.0 Å². The highest BCUT2D eigenvalue weighted by Crippen LogP contribution is 2.41. The maximum Gasteiger partial charge on any atom is 0.355 e. The molecule has 5 N–H and O–H groups in total. The molecule has 0 aromatic heterocycles. The highest BCUT2D eigenvalue weighted by molar-refractivity contribution is 7.52. The summed E-state index contributed by atoms with van der Waals surface area (Å²) in [5.74, 6) is -1.72. The molecule has 0 saturated heterocycles. The Morgan fingerprint density at radius 3 is 2.10 bits per heavy atom. The van der Waals surface area contributed by atoms with E-state index in [1.807, 2.05) is 0 Å². The molecule has 0 amide bonds. The van der Waals surface area contributed by atoms with E-state index in [1.165, 1.54) is 0 Å². The van der Waals surface area contributed by atoms with Crippen LogP contribution in [0, 0.1) is 0 Å². The van der Waals surface area contributed by atoms with Crippen molar-refractivity contribution in [3.05, 3.63) is 0 Å². The van der Waals surface area contributed by atoms with Crippen molar-refractivity contribution in [2.24, 2.45) is 5.73 Å². The summed E-state index contributed by atoms with van der Waals surface area (Å²) in [5.41, 5.74) is 5.16. The Balaban J connectivity index is 4.08. The summed E-state index contributed by atoms with van der Waals surface area (Å²) < 4.78 is 10.3. The molecule has 2 unspecified atom stereocenters. The number of aliphatic hydroxyl groups excluding tert-OH is 1. The predicted octanol–water partition coefficient (Wildman–Crippen LogP) is -0.780. The Bertz CT molecular complexity index is 144. The maximum absolute atomic E-state index is 10.3. The van der Waals surface area contributed by atoms with Gasteiger partial charge in [0.05, 0.1) is 0 Å². The summed E-state index contributed by atoms with van der Waals surface area (Å²) in [6, 6.07) is -0.846. The van der Waals surface area contributed by atoms with E-state index in [-0.39, 0.29) is 0 Å². The fourth-order valence-electron chi connectivity index (χ4n) is 0.460. The van der Waals surface area contributed by atoms with Gasteiger partial charge in [-0.25, -0.2) is 0 Å². The van der Waals surface area contributed by atoms with Crippen molar-refractivity contribution in [3.8, 4) is 0 Å². The lowest BCUT2D eigenvalue weighted by Gasteiger charge is -2.17. The van der Waals surface area contributed by atoms with Crippen LogP contribution >= 0.6 is 7.60 Å². The monoisotopic (exact) mass is 169 g/mol. The molecule has 62 valence electrons. The number of aliphatic hydroxyl groups is 1. The van der Waals surface area contributed by atoms with Crippen LogP contribution in [0.3, 0.4) is 0 Å². The first-order chi connectivity index (χ1) is 4.39. The molecule has 0 aromatic rings. The topological polar surface area (TPSA) is 104 Å². The second-order valence-electron chi connectivity index (χ2n) is 2.07. The summed E-state index contributed by atoms with van der Waals surface area (Å²) >= 11 is 0. The molecule has 6 heteroatoms. The summed E-state index contributed by atoms with van der Waals surface area (Å²) in [4.78, 5) is 16.7. The fourth-order valence-corrected chi connectivity index (χ4v) is 1.17. The van der Waals surface area contributed by atoms with Crippen molar-refractivity contribution < 1.29 is 19.5 Å². The Morgan fingerprint density at radius 2 is 2.00 bits per heavy atom. The van der Waals surface area contributed by atoms with Crippen LogP contribution in [0.5, 0.6) is 0 Å². The van der Waals surface area contributed by atoms with E-state index in [4.69, 9.17) is 20.6 Å². The molecule has 0 radical (unpaired) electrons. The van der Waals surface area contributed by atoms with Crippen molar-refractivity contribution in [1.82, 2.24) is 0 Å². The highest BCUT2D eigenvalue weighted by atomic mass is 31.2. The molecule has 0 fully saturated rings. The van der Waals surface area contributed by atoms with Crippen LogP contribution in [0.25, 0.3) is 0 Å². The molecule has 0 aliphatic carbocycles. The van der Waals surface area contributed by atoms with Crippen molar-refractivity contribution in [1.29, 1.82) is 0 Å². The van der Waals surface area contributed by atoms with E-state index in [0.717, 1.165) is 0 Å².